The lowest BCUT2D eigenvalue weighted by Gasteiger charge is -2.25. The summed E-state index contributed by atoms with van der Waals surface area (Å²) in [5.41, 5.74) is -1.11. The summed E-state index contributed by atoms with van der Waals surface area (Å²) in [5, 5.41) is 10.6. The van der Waals surface area contributed by atoms with Crippen molar-refractivity contribution in [1.82, 2.24) is 14.5 Å². The molecule has 28 heavy (non-hydrogen) atoms. The van der Waals surface area contributed by atoms with E-state index in [1.54, 1.807) is 24.3 Å². The number of aromatic hydroxyl groups is 1. The van der Waals surface area contributed by atoms with Crippen LogP contribution in [0.15, 0.2) is 38.8 Å². The first-order chi connectivity index (χ1) is 13.6. The molecule has 0 bridgehead atoms. The fourth-order valence-corrected chi connectivity index (χ4v) is 3.34. The first-order valence-electron chi connectivity index (χ1n) is 9.64. The maximum atomic E-state index is 12.3. The summed E-state index contributed by atoms with van der Waals surface area (Å²) >= 11 is 0. The van der Waals surface area contributed by atoms with Gasteiger partial charge in [-0.1, -0.05) is 18.6 Å². The average molecular weight is 386 g/mol. The van der Waals surface area contributed by atoms with E-state index in [9.17, 15) is 14.7 Å². The highest BCUT2D eigenvalue weighted by Crippen LogP contribution is 2.25. The van der Waals surface area contributed by atoms with Crippen LogP contribution in [0.3, 0.4) is 0 Å². The average Bonchev–Trinajstić information content (AvgIpc) is 2.69. The van der Waals surface area contributed by atoms with Gasteiger partial charge in [-0.3, -0.25) is 14.8 Å². The second kappa shape index (κ2) is 9.36. The zero-order valence-electron chi connectivity index (χ0n) is 16.1. The number of aliphatic imine (C=N–C) groups is 1. The van der Waals surface area contributed by atoms with Crippen molar-refractivity contribution in [1.29, 1.82) is 0 Å². The molecule has 0 amide bonds. The number of piperidine rings is 1. The van der Waals surface area contributed by atoms with Crippen molar-refractivity contribution in [3.63, 3.8) is 0 Å². The molecule has 150 valence electrons. The van der Waals surface area contributed by atoms with Gasteiger partial charge in [0, 0.05) is 12.8 Å². The summed E-state index contributed by atoms with van der Waals surface area (Å²) in [7, 11) is 0. The SMILES string of the molecule is CCOc1ccccc1-n1c(O)c(C=NCCN2CCCCC2)c(=O)[nH]c1=O. The highest BCUT2D eigenvalue weighted by atomic mass is 16.5. The van der Waals surface area contributed by atoms with Crippen LogP contribution in [0.4, 0.5) is 0 Å². The topological polar surface area (TPSA) is 99.9 Å². The standard InChI is InChI=1S/C20H26N4O4/c1-2-28-17-9-5-4-8-16(17)24-19(26)15(18(25)22-20(24)27)14-21-10-13-23-11-6-3-7-12-23/h4-5,8-9,14,26H,2-3,6-7,10-13H2,1H3,(H,22,25,27). The lowest BCUT2D eigenvalue weighted by Crippen LogP contribution is -2.32. The van der Waals surface area contributed by atoms with E-state index in [0.717, 1.165) is 24.2 Å². The van der Waals surface area contributed by atoms with E-state index >= 15 is 0 Å². The van der Waals surface area contributed by atoms with Crippen LogP contribution in [0, 0.1) is 0 Å². The van der Waals surface area contributed by atoms with Gasteiger partial charge in [-0.05, 0) is 45.0 Å². The van der Waals surface area contributed by atoms with Gasteiger partial charge in [-0.25, -0.2) is 9.36 Å². The van der Waals surface area contributed by atoms with E-state index < -0.39 is 17.1 Å². The first-order valence-corrected chi connectivity index (χ1v) is 9.64. The summed E-state index contributed by atoms with van der Waals surface area (Å²) in [5.74, 6) is -0.0231. The minimum atomic E-state index is -0.736. The number of aromatic amines is 1. The Labute approximate surface area is 163 Å². The van der Waals surface area contributed by atoms with E-state index in [1.165, 1.54) is 25.5 Å². The lowest BCUT2D eigenvalue weighted by molar-refractivity contribution is 0.235. The number of hydrogen-bond acceptors (Lipinski definition) is 6. The number of hydrogen-bond donors (Lipinski definition) is 2. The number of rotatable bonds is 7. The van der Waals surface area contributed by atoms with Crippen molar-refractivity contribution in [2.45, 2.75) is 26.2 Å². The Kier molecular flexibility index (Phi) is 6.65. The smallest absolute Gasteiger partial charge is 0.335 e. The highest BCUT2D eigenvalue weighted by Gasteiger charge is 2.17. The fourth-order valence-electron chi connectivity index (χ4n) is 3.34. The maximum Gasteiger partial charge on any atom is 0.335 e. The molecule has 0 saturated carbocycles. The molecular formula is C20H26N4O4. The van der Waals surface area contributed by atoms with E-state index in [0.29, 0.717) is 24.6 Å². The quantitative estimate of drug-likeness (QED) is 0.703. The third-order valence-corrected chi connectivity index (χ3v) is 4.74. The maximum absolute atomic E-state index is 12.3. The van der Waals surface area contributed by atoms with Crippen LogP contribution in [0.25, 0.3) is 5.69 Å². The molecule has 1 aliphatic rings. The molecule has 1 aromatic heterocycles. The van der Waals surface area contributed by atoms with Crippen LogP contribution in [0.2, 0.25) is 0 Å². The Morgan fingerprint density at radius 3 is 2.71 bits per heavy atom. The lowest BCUT2D eigenvalue weighted by atomic mass is 10.1. The monoisotopic (exact) mass is 386 g/mol. The van der Waals surface area contributed by atoms with Gasteiger partial charge in [-0.15, -0.1) is 0 Å². The number of ether oxygens (including phenoxy) is 1. The van der Waals surface area contributed by atoms with Crippen LogP contribution in [-0.2, 0) is 0 Å². The summed E-state index contributed by atoms with van der Waals surface area (Å²) in [6.45, 7) is 5.70. The van der Waals surface area contributed by atoms with Crippen molar-refractivity contribution in [3.8, 4) is 17.3 Å². The van der Waals surface area contributed by atoms with Gasteiger partial charge in [0.2, 0.25) is 5.88 Å². The zero-order valence-corrected chi connectivity index (χ0v) is 16.1. The molecule has 0 unspecified atom stereocenters. The number of aromatic nitrogens is 2. The number of para-hydroxylation sites is 2. The molecule has 0 aliphatic carbocycles. The molecule has 1 aromatic carbocycles. The predicted molar refractivity (Wildman–Crippen MR) is 108 cm³/mol. The van der Waals surface area contributed by atoms with E-state index in [4.69, 9.17) is 4.74 Å². The molecule has 1 aliphatic heterocycles. The van der Waals surface area contributed by atoms with Gasteiger partial charge in [0.25, 0.3) is 5.56 Å². The molecule has 1 fully saturated rings. The molecule has 2 N–H and O–H groups in total. The minimum absolute atomic E-state index is 0.0513. The van der Waals surface area contributed by atoms with Gasteiger partial charge in [0.05, 0.1) is 18.8 Å². The molecule has 0 radical (unpaired) electrons. The largest absolute Gasteiger partial charge is 0.493 e. The molecule has 2 heterocycles. The molecule has 8 heteroatoms. The fraction of sp³-hybridized carbons (Fsp3) is 0.450. The summed E-state index contributed by atoms with van der Waals surface area (Å²) < 4.78 is 6.56. The Bertz CT molecular complexity index is 942. The summed E-state index contributed by atoms with van der Waals surface area (Å²) in [6.07, 6.45) is 5.01. The Hall–Kier alpha value is -2.87. The van der Waals surface area contributed by atoms with Crippen LogP contribution in [-0.4, -0.2) is 58.6 Å². The molecule has 8 nitrogen and oxygen atoms in total. The van der Waals surface area contributed by atoms with Gasteiger partial charge in [0.15, 0.2) is 0 Å². The molecule has 0 spiro atoms. The Morgan fingerprint density at radius 2 is 1.96 bits per heavy atom. The molecule has 1 saturated heterocycles. The van der Waals surface area contributed by atoms with Gasteiger partial charge in [-0.2, -0.15) is 0 Å². The zero-order chi connectivity index (χ0) is 19.9. The summed E-state index contributed by atoms with van der Waals surface area (Å²) in [4.78, 5) is 33.4. The third-order valence-electron chi connectivity index (χ3n) is 4.74. The van der Waals surface area contributed by atoms with E-state index in [-0.39, 0.29) is 5.56 Å². The predicted octanol–water partition coefficient (Wildman–Crippen LogP) is 1.53. The number of nitrogens with zero attached hydrogens (tertiary/aromatic N) is 3. The van der Waals surface area contributed by atoms with Crippen LogP contribution < -0.4 is 16.0 Å². The van der Waals surface area contributed by atoms with Crippen molar-refractivity contribution in [3.05, 3.63) is 50.7 Å². The van der Waals surface area contributed by atoms with Crippen molar-refractivity contribution in [2.75, 3.05) is 32.8 Å². The molecule has 3 rings (SSSR count). The second-order valence-corrected chi connectivity index (χ2v) is 6.67. The van der Waals surface area contributed by atoms with E-state index in [1.807, 2.05) is 6.92 Å². The Morgan fingerprint density at radius 1 is 1.21 bits per heavy atom. The van der Waals surface area contributed by atoms with Crippen molar-refractivity contribution in [2.24, 2.45) is 4.99 Å². The van der Waals surface area contributed by atoms with E-state index in [2.05, 4.69) is 14.9 Å². The van der Waals surface area contributed by atoms with Gasteiger partial charge >= 0.3 is 5.69 Å². The Balaban J connectivity index is 1.87. The minimum Gasteiger partial charge on any atom is -0.493 e. The van der Waals surface area contributed by atoms with Crippen molar-refractivity contribution < 1.29 is 9.84 Å². The van der Waals surface area contributed by atoms with Gasteiger partial charge < -0.3 is 14.7 Å². The van der Waals surface area contributed by atoms with Crippen LogP contribution in [0.1, 0.15) is 31.7 Å². The normalized spacial score (nSPS) is 15.2. The van der Waals surface area contributed by atoms with Crippen LogP contribution in [0.5, 0.6) is 11.6 Å². The summed E-state index contributed by atoms with van der Waals surface area (Å²) in [6, 6.07) is 6.83. The number of nitrogens with one attached hydrogen (secondary N) is 1. The first kappa shape index (κ1) is 19.9. The number of H-pyrrole nitrogens is 1. The van der Waals surface area contributed by atoms with Crippen molar-refractivity contribution >= 4 is 6.21 Å². The highest BCUT2D eigenvalue weighted by molar-refractivity contribution is 5.82. The molecule has 2 aromatic rings. The van der Waals surface area contributed by atoms with Gasteiger partial charge in [0.1, 0.15) is 11.3 Å². The molecule has 0 atom stereocenters. The number of benzene rings is 1. The second-order valence-electron chi connectivity index (χ2n) is 6.67. The van der Waals surface area contributed by atoms with Crippen LogP contribution >= 0.6 is 0 Å². The number of likely N-dealkylation sites (tertiary alicyclic amines) is 1. The third kappa shape index (κ3) is 4.51. The molecular weight excluding hydrogens is 360 g/mol.